The first-order valence-electron chi connectivity index (χ1n) is 13.3. The predicted octanol–water partition coefficient (Wildman–Crippen LogP) is 2.53. The van der Waals surface area contributed by atoms with Crippen LogP contribution in [0.25, 0.3) is 0 Å². The summed E-state index contributed by atoms with van der Waals surface area (Å²) in [5.74, 6) is 1.51. The first kappa shape index (κ1) is 38.2. The van der Waals surface area contributed by atoms with Gasteiger partial charge >= 0.3 is 0 Å². The fraction of sp³-hybridized carbons (Fsp3) is 0.565. The van der Waals surface area contributed by atoms with E-state index < -0.39 is 10.1 Å². The number of guanidine groups is 2. The second kappa shape index (κ2) is 20.2. The highest BCUT2D eigenvalue weighted by Crippen LogP contribution is 2.19. The van der Waals surface area contributed by atoms with E-state index in [1.54, 1.807) is 42.4 Å². The Bertz CT molecular complexity index is 1410. The van der Waals surface area contributed by atoms with Crippen LogP contribution in [-0.2, 0) is 22.6 Å². The van der Waals surface area contributed by atoms with Gasteiger partial charge in [-0.2, -0.15) is 10.3 Å². The first-order valence-corrected chi connectivity index (χ1v) is 15.6. The summed E-state index contributed by atoms with van der Waals surface area (Å²) in [6, 6.07) is 0. The van der Waals surface area contributed by atoms with Crippen LogP contribution in [0.15, 0.2) is 27.6 Å². The fourth-order valence-electron chi connectivity index (χ4n) is 3.69. The largest absolute Gasteiger partial charge is 0.381 e. The molecular weight excluding hydrogens is 689 g/mol. The smallest absolute Gasteiger partial charge is 0.277 e. The molecule has 2 N–H and O–H groups in total. The van der Waals surface area contributed by atoms with E-state index >= 15 is 0 Å². The molecular formula is C23H33Cl2N13O6S2. The number of ether oxygens (including phenoxy) is 2. The van der Waals surface area contributed by atoms with E-state index in [0.717, 1.165) is 22.8 Å². The minimum Gasteiger partial charge on any atom is -0.381 e. The lowest BCUT2D eigenvalue weighted by Gasteiger charge is -2.35. The fourth-order valence-corrected chi connectivity index (χ4v) is 5.63. The molecule has 46 heavy (non-hydrogen) atoms. The molecule has 4 heterocycles. The molecule has 2 saturated heterocycles. The second-order valence-corrected chi connectivity index (χ2v) is 12.7. The lowest BCUT2D eigenvalue weighted by molar-refractivity contribution is -0.486. The molecule has 252 valence electrons. The third-order valence-electron chi connectivity index (χ3n) is 5.89. The van der Waals surface area contributed by atoms with Gasteiger partial charge in [-0.1, -0.05) is 23.2 Å². The van der Waals surface area contributed by atoms with E-state index in [0.29, 0.717) is 66.3 Å². The number of aromatic nitrogens is 2. The average Bonchev–Trinajstić information content (AvgIpc) is 3.76. The minimum absolute atomic E-state index is 0.0875. The topological polar surface area (TPSA) is 225 Å². The Morgan fingerprint density at radius 1 is 1.20 bits per heavy atom. The molecule has 0 spiro atoms. The number of hydrogen-bond donors (Lipinski definition) is 2. The number of halogens is 2. The predicted molar refractivity (Wildman–Crippen MR) is 173 cm³/mol. The Morgan fingerprint density at radius 3 is 2.39 bits per heavy atom. The van der Waals surface area contributed by atoms with Crippen LogP contribution in [0.4, 0.5) is 0 Å². The van der Waals surface area contributed by atoms with Crippen molar-refractivity contribution < 1.29 is 19.5 Å². The molecule has 2 aliphatic rings. The van der Waals surface area contributed by atoms with E-state index in [1.807, 2.05) is 11.9 Å². The monoisotopic (exact) mass is 721 g/mol. The van der Waals surface area contributed by atoms with Gasteiger partial charge in [-0.15, -0.1) is 22.7 Å². The van der Waals surface area contributed by atoms with Gasteiger partial charge in [0, 0.05) is 62.4 Å². The van der Waals surface area contributed by atoms with Gasteiger partial charge in [-0.3, -0.25) is 0 Å². The maximum Gasteiger partial charge on any atom is 0.277 e. The molecule has 19 nitrogen and oxygen atoms in total. The number of nitro groups is 2. The third-order valence-corrected chi connectivity index (χ3v) is 8.10. The van der Waals surface area contributed by atoms with E-state index in [2.05, 4.69) is 35.8 Å². The summed E-state index contributed by atoms with van der Waals surface area (Å²) in [6.07, 6.45) is 6.05. The Morgan fingerprint density at radius 2 is 1.87 bits per heavy atom. The molecule has 1 atom stereocenters. The first-order chi connectivity index (χ1) is 21.9. The third kappa shape index (κ3) is 14.4. The van der Waals surface area contributed by atoms with Crippen LogP contribution < -0.4 is 10.6 Å². The maximum atomic E-state index is 10.5. The van der Waals surface area contributed by atoms with Gasteiger partial charge in [0.1, 0.15) is 29.5 Å². The van der Waals surface area contributed by atoms with Crippen molar-refractivity contribution in [3.63, 3.8) is 0 Å². The Hall–Kier alpha value is -3.94. The Labute approximate surface area is 282 Å². The van der Waals surface area contributed by atoms with Crippen LogP contribution in [0.2, 0.25) is 8.93 Å². The van der Waals surface area contributed by atoms with Crippen molar-refractivity contribution in [2.45, 2.75) is 26.4 Å². The highest BCUT2D eigenvalue weighted by molar-refractivity contribution is 7.16. The van der Waals surface area contributed by atoms with Gasteiger partial charge in [-0.05, 0) is 13.3 Å². The molecule has 0 radical (unpaired) electrons. The van der Waals surface area contributed by atoms with Crippen LogP contribution in [0, 0.1) is 37.6 Å². The van der Waals surface area contributed by atoms with Gasteiger partial charge in [-0.25, -0.2) is 30.2 Å². The molecule has 2 fully saturated rings. The summed E-state index contributed by atoms with van der Waals surface area (Å²) in [6.45, 7) is 5.64. The SMILES string of the molecule is CC(=NC#N)N(C)Cc1cnc(Cl)s1.CN/C(=N\[N+](=O)[O-])NCc1cnc(Cl)s1.CN1COCN(CC2CCOC2)/C1=N/[N+](=O)[O-]. The molecule has 0 aliphatic carbocycles. The van der Waals surface area contributed by atoms with Crippen molar-refractivity contribution in [3.05, 3.63) is 51.3 Å². The molecule has 4 rings (SSSR count). The number of hydrogen-bond acceptors (Lipinski definition) is 12. The van der Waals surface area contributed by atoms with Gasteiger partial charge in [0.2, 0.25) is 6.19 Å². The van der Waals surface area contributed by atoms with E-state index in [4.69, 9.17) is 37.9 Å². The zero-order valence-electron chi connectivity index (χ0n) is 25.3. The molecule has 2 aromatic rings. The van der Waals surface area contributed by atoms with Gasteiger partial charge in [0.25, 0.3) is 11.9 Å². The number of nitrogens with one attached hydrogen (secondary N) is 2. The number of aliphatic imine (C=N–C) groups is 1. The zero-order valence-corrected chi connectivity index (χ0v) is 28.5. The minimum atomic E-state index is -0.779. The maximum absolute atomic E-state index is 10.5. The van der Waals surface area contributed by atoms with Crippen LogP contribution in [0.5, 0.6) is 0 Å². The quantitative estimate of drug-likeness (QED) is 0.131. The number of hydrazone groups is 2. The molecule has 0 bridgehead atoms. The molecule has 2 aromatic heterocycles. The number of nitrogens with zero attached hydrogens (tertiary/aromatic N) is 11. The van der Waals surface area contributed by atoms with Crippen LogP contribution in [0.1, 0.15) is 23.1 Å². The molecule has 0 amide bonds. The molecule has 0 aromatic carbocycles. The highest BCUT2D eigenvalue weighted by atomic mass is 35.5. The normalized spacial score (nSPS) is 17.3. The number of rotatable bonds is 8. The Kier molecular flexibility index (Phi) is 16.8. The second-order valence-electron chi connectivity index (χ2n) is 9.31. The van der Waals surface area contributed by atoms with Gasteiger partial charge < -0.3 is 34.8 Å². The van der Waals surface area contributed by atoms with Crippen molar-refractivity contribution in [1.29, 1.82) is 5.26 Å². The zero-order chi connectivity index (χ0) is 34.1. The van der Waals surface area contributed by atoms with Crippen LogP contribution in [0.3, 0.4) is 0 Å². The summed E-state index contributed by atoms with van der Waals surface area (Å²) in [4.78, 5) is 39.2. The summed E-state index contributed by atoms with van der Waals surface area (Å²) in [5, 5.41) is 39.3. The number of amidine groups is 1. The van der Waals surface area contributed by atoms with Crippen molar-refractivity contribution in [3.8, 4) is 6.19 Å². The average molecular weight is 723 g/mol. The van der Waals surface area contributed by atoms with E-state index in [-0.39, 0.29) is 5.96 Å². The number of thiazole rings is 2. The molecule has 23 heteroatoms. The lowest BCUT2D eigenvalue weighted by atomic mass is 10.1. The lowest BCUT2D eigenvalue weighted by Crippen LogP contribution is -2.51. The number of nitriles is 1. The Balaban J connectivity index is 0.000000242. The van der Waals surface area contributed by atoms with Crippen molar-refractivity contribution in [1.82, 2.24) is 35.3 Å². The summed E-state index contributed by atoms with van der Waals surface area (Å²) < 4.78 is 11.6. The van der Waals surface area contributed by atoms with Crippen LogP contribution in [-0.4, -0.2) is 107 Å². The van der Waals surface area contributed by atoms with Crippen LogP contribution >= 0.6 is 45.9 Å². The van der Waals surface area contributed by atoms with Crippen molar-refractivity contribution in [2.75, 3.05) is 54.4 Å². The summed E-state index contributed by atoms with van der Waals surface area (Å²) in [7, 11) is 5.12. The van der Waals surface area contributed by atoms with Crippen molar-refractivity contribution in [2.24, 2.45) is 21.1 Å². The highest BCUT2D eigenvalue weighted by Gasteiger charge is 2.28. The standard InChI is InChI=1S/C9H16N4O4.C8H9ClN4S.C6H8ClN5O2S/c1-11-6-17-7-12(9(11)10-13(14)15)4-8-2-3-16-5-8;1-6(12-5-10)13(2)4-7-3-11-8(9)14-7;1-8-6(11-12(13)14)10-3-4-2-9-5(7)15-4/h8H,2-7H2,1H3;3H,4H2,1-2H3;2H,3H2,1H3,(H2,8,10,11)/b10-9+;;. The molecule has 2 aliphatic heterocycles. The van der Waals surface area contributed by atoms with E-state index in [1.165, 1.54) is 29.7 Å². The van der Waals surface area contributed by atoms with Gasteiger partial charge in [0.15, 0.2) is 19.0 Å². The summed E-state index contributed by atoms with van der Waals surface area (Å²) >= 11 is 14.0. The summed E-state index contributed by atoms with van der Waals surface area (Å²) in [5.41, 5.74) is 0. The van der Waals surface area contributed by atoms with E-state index in [9.17, 15) is 20.2 Å². The van der Waals surface area contributed by atoms with Gasteiger partial charge in [0.05, 0.1) is 19.7 Å². The van der Waals surface area contributed by atoms with Crippen molar-refractivity contribution >= 4 is 63.6 Å². The molecule has 1 unspecified atom stereocenters. The molecule has 0 saturated carbocycles.